The van der Waals surface area contributed by atoms with Gasteiger partial charge in [-0.25, -0.2) is 0 Å². The molecule has 0 fully saturated rings. The number of hydrogen-bond donors (Lipinski definition) is 3. The van der Waals surface area contributed by atoms with Crippen LogP contribution in [0, 0.1) is 0 Å². The lowest BCUT2D eigenvalue weighted by Gasteiger charge is -2.20. The number of nitrogens with one attached hydrogen (secondary N) is 1. The number of aliphatic hydroxyl groups excluding tert-OH is 2. The summed E-state index contributed by atoms with van der Waals surface area (Å²) in [6, 6.07) is -0.627. The van der Waals surface area contributed by atoms with Crippen LogP contribution >= 0.6 is 0 Å². The van der Waals surface area contributed by atoms with Crippen LogP contribution in [0.2, 0.25) is 0 Å². The number of amides is 1. The Morgan fingerprint density at radius 1 is 0.543 bits per heavy atom. The van der Waals surface area contributed by atoms with Crippen molar-refractivity contribution >= 4 is 5.91 Å². The molecular weight excluding hydrogens is 566 g/mol. The summed E-state index contributed by atoms with van der Waals surface area (Å²) in [4.78, 5) is 12.3. The molecule has 0 aromatic carbocycles. The summed E-state index contributed by atoms with van der Waals surface area (Å²) in [7, 11) is 0. The minimum absolute atomic E-state index is 0.0762. The van der Waals surface area contributed by atoms with Crippen molar-refractivity contribution in [2.45, 2.75) is 193 Å². The highest BCUT2D eigenvalue weighted by molar-refractivity contribution is 5.76. The molecule has 1 amide bonds. The molecule has 2 unspecified atom stereocenters. The van der Waals surface area contributed by atoms with Gasteiger partial charge in [0.2, 0.25) is 5.91 Å². The third-order valence-electron chi connectivity index (χ3n) is 8.51. The molecule has 0 aromatic heterocycles. The quantitative estimate of drug-likeness (QED) is 0.0483. The summed E-state index contributed by atoms with van der Waals surface area (Å²) in [5.74, 6) is -0.0762. The van der Waals surface area contributed by atoms with Crippen molar-refractivity contribution in [1.82, 2.24) is 5.32 Å². The van der Waals surface area contributed by atoms with Crippen LogP contribution in [-0.4, -0.2) is 34.9 Å². The molecule has 46 heavy (non-hydrogen) atoms. The Balaban J connectivity index is 3.64. The molecule has 0 radical (unpaired) electrons. The second kappa shape index (κ2) is 37.5. The smallest absolute Gasteiger partial charge is 0.220 e. The second-order valence-electron chi connectivity index (χ2n) is 13.0. The van der Waals surface area contributed by atoms with Crippen LogP contribution in [-0.2, 0) is 4.79 Å². The van der Waals surface area contributed by atoms with E-state index in [9.17, 15) is 15.0 Å². The Kier molecular flexibility index (Phi) is 36.0. The van der Waals surface area contributed by atoms with Gasteiger partial charge < -0.3 is 15.5 Å². The fourth-order valence-corrected chi connectivity index (χ4v) is 5.52. The molecule has 0 saturated carbocycles. The van der Waals surface area contributed by atoms with Gasteiger partial charge in [0.05, 0.1) is 18.8 Å². The topological polar surface area (TPSA) is 69.6 Å². The lowest BCUT2D eigenvalue weighted by atomic mass is 10.0. The van der Waals surface area contributed by atoms with Crippen molar-refractivity contribution < 1.29 is 15.0 Å². The van der Waals surface area contributed by atoms with E-state index in [1.165, 1.54) is 103 Å². The number of rotatable bonds is 34. The van der Waals surface area contributed by atoms with Crippen molar-refractivity contribution in [1.29, 1.82) is 0 Å². The summed E-state index contributed by atoms with van der Waals surface area (Å²) in [6.07, 6.45) is 51.6. The molecule has 4 nitrogen and oxygen atoms in total. The van der Waals surface area contributed by atoms with E-state index < -0.39 is 12.1 Å². The fourth-order valence-electron chi connectivity index (χ4n) is 5.52. The molecule has 0 aliphatic carbocycles. The molecule has 0 saturated heterocycles. The first-order chi connectivity index (χ1) is 22.7. The van der Waals surface area contributed by atoms with Crippen LogP contribution in [0.3, 0.4) is 0 Å². The van der Waals surface area contributed by atoms with Gasteiger partial charge in [-0.2, -0.15) is 0 Å². The van der Waals surface area contributed by atoms with Crippen molar-refractivity contribution in [3.63, 3.8) is 0 Å². The maximum atomic E-state index is 12.3. The molecule has 2 atom stereocenters. The van der Waals surface area contributed by atoms with Gasteiger partial charge in [0.25, 0.3) is 0 Å². The zero-order chi connectivity index (χ0) is 33.6. The molecule has 0 aliphatic rings. The predicted octanol–water partition coefficient (Wildman–Crippen LogP) is 11.8. The summed E-state index contributed by atoms with van der Waals surface area (Å²) in [6.45, 7) is 4.17. The summed E-state index contributed by atoms with van der Waals surface area (Å²) >= 11 is 0. The van der Waals surface area contributed by atoms with E-state index in [-0.39, 0.29) is 12.5 Å². The number of carbonyl (C=O) groups is 1. The zero-order valence-electron chi connectivity index (χ0n) is 30.3. The van der Waals surface area contributed by atoms with Crippen LogP contribution in [0.15, 0.2) is 60.8 Å². The van der Waals surface area contributed by atoms with Gasteiger partial charge in [-0.05, 0) is 57.8 Å². The first-order valence-electron chi connectivity index (χ1n) is 19.5. The number of aliphatic hydroxyl groups is 2. The Morgan fingerprint density at radius 2 is 0.957 bits per heavy atom. The highest BCUT2D eigenvalue weighted by atomic mass is 16.3. The van der Waals surface area contributed by atoms with E-state index in [1.54, 1.807) is 6.08 Å². The summed E-state index contributed by atoms with van der Waals surface area (Å²) in [5, 5.41) is 22.9. The van der Waals surface area contributed by atoms with Crippen molar-refractivity contribution in [2.24, 2.45) is 0 Å². The summed E-state index contributed by atoms with van der Waals surface area (Å²) in [5.41, 5.74) is 0. The lowest BCUT2D eigenvalue weighted by molar-refractivity contribution is -0.123. The van der Waals surface area contributed by atoms with E-state index in [1.807, 2.05) is 6.08 Å². The van der Waals surface area contributed by atoms with Crippen LogP contribution in [0.4, 0.5) is 0 Å². The van der Waals surface area contributed by atoms with Gasteiger partial charge in [0, 0.05) is 6.42 Å². The Bertz CT molecular complexity index is 782. The van der Waals surface area contributed by atoms with E-state index in [0.29, 0.717) is 6.42 Å². The molecule has 4 heteroatoms. The molecule has 266 valence electrons. The monoisotopic (exact) mass is 642 g/mol. The predicted molar refractivity (Wildman–Crippen MR) is 202 cm³/mol. The van der Waals surface area contributed by atoms with Gasteiger partial charge >= 0.3 is 0 Å². The van der Waals surface area contributed by atoms with Gasteiger partial charge in [-0.3, -0.25) is 4.79 Å². The van der Waals surface area contributed by atoms with E-state index >= 15 is 0 Å². The molecule has 0 bridgehead atoms. The standard InChI is InChI=1S/C42H75NO3/c1-3-5-7-9-11-13-15-17-18-19-20-21-22-23-24-26-28-30-32-34-36-38-42(46)43-40(39-44)41(45)37-35-33-31-29-27-25-16-14-12-10-8-6-4-2/h5,7,11,13,17-18,20-21,35,37,40-41,44-45H,3-4,6,8-10,12,14-16,19,22-34,36,38-39H2,1-2H3,(H,43,46)/b7-5-,13-11-,18-17-,21-20-,37-35+. The SMILES string of the molecule is CC/C=C\C/C=C\C/C=C\C/C=C\CCCCCCCCCCC(=O)NC(CO)C(O)/C=C/CCCCCCCCCCCCC. The van der Waals surface area contributed by atoms with Crippen LogP contribution in [0.5, 0.6) is 0 Å². The average molecular weight is 642 g/mol. The molecule has 0 spiro atoms. The van der Waals surface area contributed by atoms with Gasteiger partial charge in [-0.1, -0.05) is 177 Å². The van der Waals surface area contributed by atoms with Crippen LogP contribution < -0.4 is 5.32 Å². The third kappa shape index (κ3) is 33.5. The van der Waals surface area contributed by atoms with Gasteiger partial charge in [-0.15, -0.1) is 0 Å². The average Bonchev–Trinajstić information content (AvgIpc) is 3.06. The largest absolute Gasteiger partial charge is 0.394 e. The first kappa shape index (κ1) is 44.1. The molecule has 0 aromatic rings. The molecule has 0 heterocycles. The van der Waals surface area contributed by atoms with E-state index in [0.717, 1.165) is 57.8 Å². The molecule has 0 aliphatic heterocycles. The first-order valence-corrected chi connectivity index (χ1v) is 19.5. The lowest BCUT2D eigenvalue weighted by Crippen LogP contribution is -2.45. The van der Waals surface area contributed by atoms with Gasteiger partial charge in [0.1, 0.15) is 0 Å². The van der Waals surface area contributed by atoms with E-state index in [4.69, 9.17) is 0 Å². The number of hydrogen-bond acceptors (Lipinski definition) is 3. The number of allylic oxidation sites excluding steroid dienone is 9. The highest BCUT2D eigenvalue weighted by Crippen LogP contribution is 2.13. The van der Waals surface area contributed by atoms with Crippen molar-refractivity contribution in [3.05, 3.63) is 60.8 Å². The summed E-state index contributed by atoms with van der Waals surface area (Å²) < 4.78 is 0. The zero-order valence-corrected chi connectivity index (χ0v) is 30.3. The van der Waals surface area contributed by atoms with Crippen molar-refractivity contribution in [3.8, 4) is 0 Å². The third-order valence-corrected chi connectivity index (χ3v) is 8.51. The Morgan fingerprint density at radius 3 is 1.43 bits per heavy atom. The molecular formula is C42H75NO3. The normalized spacial score (nSPS) is 13.7. The Labute approximate surface area is 286 Å². The Hall–Kier alpha value is -1.91. The maximum absolute atomic E-state index is 12.3. The van der Waals surface area contributed by atoms with Crippen LogP contribution in [0.25, 0.3) is 0 Å². The highest BCUT2D eigenvalue weighted by Gasteiger charge is 2.17. The van der Waals surface area contributed by atoms with Gasteiger partial charge in [0.15, 0.2) is 0 Å². The van der Waals surface area contributed by atoms with Crippen LogP contribution in [0.1, 0.15) is 181 Å². The second-order valence-corrected chi connectivity index (χ2v) is 13.0. The molecule has 0 rings (SSSR count). The number of carbonyl (C=O) groups excluding carboxylic acids is 1. The molecule has 3 N–H and O–H groups in total. The minimum Gasteiger partial charge on any atom is -0.394 e. The van der Waals surface area contributed by atoms with Crippen molar-refractivity contribution in [2.75, 3.05) is 6.61 Å². The maximum Gasteiger partial charge on any atom is 0.220 e. The van der Waals surface area contributed by atoms with E-state index in [2.05, 4.69) is 67.8 Å². The number of unbranched alkanes of at least 4 members (excludes halogenated alkanes) is 19. The fraction of sp³-hybridized carbons (Fsp3) is 0.738. The minimum atomic E-state index is -0.843.